The SMILES string of the molecule is OC(Cc1ccc(I)cc1)c1cccc(Cl)c1F. The average molecular weight is 377 g/mol. The van der Waals surface area contributed by atoms with Gasteiger partial charge in [-0.3, -0.25) is 0 Å². The van der Waals surface area contributed by atoms with Gasteiger partial charge in [0.05, 0.1) is 11.1 Å². The van der Waals surface area contributed by atoms with Gasteiger partial charge in [-0.2, -0.15) is 0 Å². The normalized spacial score (nSPS) is 12.4. The molecule has 0 aliphatic heterocycles. The zero-order chi connectivity index (χ0) is 13.1. The molecule has 2 aromatic carbocycles. The first-order valence-electron chi connectivity index (χ1n) is 5.44. The van der Waals surface area contributed by atoms with E-state index < -0.39 is 11.9 Å². The van der Waals surface area contributed by atoms with Gasteiger partial charge in [0.15, 0.2) is 0 Å². The van der Waals surface area contributed by atoms with Crippen molar-refractivity contribution in [3.8, 4) is 0 Å². The number of halogens is 3. The minimum atomic E-state index is -0.885. The van der Waals surface area contributed by atoms with Gasteiger partial charge in [0.2, 0.25) is 0 Å². The second-order valence-corrected chi connectivity index (χ2v) is 5.64. The van der Waals surface area contributed by atoms with Gasteiger partial charge in [-0.15, -0.1) is 0 Å². The molecule has 0 bridgehead atoms. The van der Waals surface area contributed by atoms with Crippen molar-refractivity contribution >= 4 is 34.2 Å². The van der Waals surface area contributed by atoms with Crippen LogP contribution >= 0.6 is 34.2 Å². The van der Waals surface area contributed by atoms with Crippen molar-refractivity contribution in [2.24, 2.45) is 0 Å². The van der Waals surface area contributed by atoms with Gasteiger partial charge < -0.3 is 5.11 Å². The number of aliphatic hydroxyl groups excluding tert-OH is 1. The largest absolute Gasteiger partial charge is 0.388 e. The van der Waals surface area contributed by atoms with Crippen LogP contribution in [0.25, 0.3) is 0 Å². The molecule has 18 heavy (non-hydrogen) atoms. The Kier molecular flexibility index (Phi) is 4.59. The smallest absolute Gasteiger partial charge is 0.147 e. The molecule has 1 atom stereocenters. The van der Waals surface area contributed by atoms with Gasteiger partial charge in [-0.05, 0) is 46.4 Å². The maximum absolute atomic E-state index is 13.7. The lowest BCUT2D eigenvalue weighted by atomic mass is 10.0. The Morgan fingerprint density at radius 1 is 1.17 bits per heavy atom. The van der Waals surface area contributed by atoms with E-state index in [0.29, 0.717) is 6.42 Å². The molecule has 2 aromatic rings. The standard InChI is InChI=1S/C14H11ClFIO/c15-12-3-1-2-11(14(12)16)13(18)8-9-4-6-10(17)7-5-9/h1-7,13,18H,8H2. The third-order valence-electron chi connectivity index (χ3n) is 2.68. The van der Waals surface area contributed by atoms with Crippen molar-refractivity contribution in [3.63, 3.8) is 0 Å². The fourth-order valence-electron chi connectivity index (χ4n) is 1.73. The summed E-state index contributed by atoms with van der Waals surface area (Å²) >= 11 is 7.91. The molecule has 2 rings (SSSR count). The van der Waals surface area contributed by atoms with Crippen molar-refractivity contribution in [2.45, 2.75) is 12.5 Å². The molecule has 0 aromatic heterocycles. The van der Waals surface area contributed by atoms with Gasteiger partial charge in [-0.25, -0.2) is 4.39 Å². The molecule has 0 saturated carbocycles. The van der Waals surface area contributed by atoms with E-state index in [-0.39, 0.29) is 10.6 Å². The number of hydrogen-bond donors (Lipinski definition) is 1. The first kappa shape index (κ1) is 13.8. The Morgan fingerprint density at radius 2 is 1.83 bits per heavy atom. The van der Waals surface area contributed by atoms with Crippen LogP contribution in [0.4, 0.5) is 4.39 Å². The number of hydrogen-bond acceptors (Lipinski definition) is 1. The molecule has 0 heterocycles. The van der Waals surface area contributed by atoms with Crippen molar-refractivity contribution in [3.05, 3.63) is 68.0 Å². The summed E-state index contributed by atoms with van der Waals surface area (Å²) in [7, 11) is 0. The van der Waals surface area contributed by atoms with E-state index in [4.69, 9.17) is 11.6 Å². The third-order valence-corrected chi connectivity index (χ3v) is 3.69. The lowest BCUT2D eigenvalue weighted by molar-refractivity contribution is 0.173. The molecule has 0 aliphatic carbocycles. The van der Waals surface area contributed by atoms with Crippen LogP contribution in [-0.2, 0) is 6.42 Å². The van der Waals surface area contributed by atoms with Crippen molar-refractivity contribution in [1.82, 2.24) is 0 Å². The van der Waals surface area contributed by atoms with Crippen LogP contribution in [0.3, 0.4) is 0 Å². The molecule has 94 valence electrons. The maximum Gasteiger partial charge on any atom is 0.147 e. The molecule has 0 spiro atoms. The van der Waals surface area contributed by atoms with E-state index in [1.807, 2.05) is 24.3 Å². The Bertz CT molecular complexity index is 542. The van der Waals surface area contributed by atoms with Crippen LogP contribution in [0.2, 0.25) is 5.02 Å². The van der Waals surface area contributed by atoms with Crippen LogP contribution in [-0.4, -0.2) is 5.11 Å². The summed E-state index contributed by atoms with van der Waals surface area (Å²) in [6, 6.07) is 12.4. The minimum Gasteiger partial charge on any atom is -0.388 e. The average Bonchev–Trinajstić information content (AvgIpc) is 2.35. The van der Waals surface area contributed by atoms with Crippen LogP contribution in [0, 0.1) is 9.39 Å². The van der Waals surface area contributed by atoms with Crippen molar-refractivity contribution in [2.75, 3.05) is 0 Å². The quantitative estimate of drug-likeness (QED) is 0.789. The molecular formula is C14H11ClFIO. The summed E-state index contributed by atoms with van der Waals surface area (Å²) in [5.74, 6) is -0.544. The van der Waals surface area contributed by atoms with Crippen molar-refractivity contribution < 1.29 is 9.50 Å². The molecule has 0 amide bonds. The molecule has 1 unspecified atom stereocenters. The van der Waals surface area contributed by atoms with Gasteiger partial charge in [-0.1, -0.05) is 35.9 Å². The fraction of sp³-hybridized carbons (Fsp3) is 0.143. The highest BCUT2D eigenvalue weighted by molar-refractivity contribution is 14.1. The number of aliphatic hydroxyl groups is 1. The molecular weight excluding hydrogens is 366 g/mol. The Balaban J connectivity index is 2.19. The zero-order valence-corrected chi connectivity index (χ0v) is 12.3. The lowest BCUT2D eigenvalue weighted by Crippen LogP contribution is -2.04. The fourth-order valence-corrected chi connectivity index (χ4v) is 2.27. The summed E-state index contributed by atoms with van der Waals surface area (Å²) in [5.41, 5.74) is 1.20. The number of rotatable bonds is 3. The topological polar surface area (TPSA) is 20.2 Å². The van der Waals surface area contributed by atoms with Crippen LogP contribution < -0.4 is 0 Å². The van der Waals surface area contributed by atoms with Gasteiger partial charge in [0.1, 0.15) is 5.82 Å². The third kappa shape index (κ3) is 3.22. The van der Waals surface area contributed by atoms with Gasteiger partial charge in [0.25, 0.3) is 0 Å². The van der Waals surface area contributed by atoms with Crippen LogP contribution in [0.15, 0.2) is 42.5 Å². The summed E-state index contributed by atoms with van der Waals surface area (Å²) in [4.78, 5) is 0. The van der Waals surface area contributed by atoms with E-state index in [1.54, 1.807) is 12.1 Å². The number of benzene rings is 2. The Morgan fingerprint density at radius 3 is 2.50 bits per heavy atom. The summed E-state index contributed by atoms with van der Waals surface area (Å²) < 4.78 is 14.9. The highest BCUT2D eigenvalue weighted by atomic mass is 127. The predicted molar refractivity (Wildman–Crippen MR) is 79.2 cm³/mol. The van der Waals surface area contributed by atoms with E-state index in [2.05, 4.69) is 22.6 Å². The van der Waals surface area contributed by atoms with E-state index in [0.717, 1.165) is 9.13 Å². The highest BCUT2D eigenvalue weighted by Gasteiger charge is 2.15. The molecule has 0 saturated heterocycles. The molecule has 0 fully saturated rings. The Hall–Kier alpha value is -0.650. The van der Waals surface area contributed by atoms with Crippen molar-refractivity contribution in [1.29, 1.82) is 0 Å². The lowest BCUT2D eigenvalue weighted by Gasteiger charge is -2.12. The first-order valence-corrected chi connectivity index (χ1v) is 6.90. The summed E-state index contributed by atoms with van der Waals surface area (Å²) in [5, 5.41) is 10.1. The Labute approximate surface area is 124 Å². The van der Waals surface area contributed by atoms with E-state index >= 15 is 0 Å². The maximum atomic E-state index is 13.7. The molecule has 1 N–H and O–H groups in total. The zero-order valence-electron chi connectivity index (χ0n) is 9.41. The molecule has 4 heteroatoms. The second kappa shape index (κ2) is 5.99. The summed E-state index contributed by atoms with van der Waals surface area (Å²) in [6.45, 7) is 0. The minimum absolute atomic E-state index is 0.0363. The van der Waals surface area contributed by atoms with Gasteiger partial charge in [0, 0.05) is 15.6 Å². The highest BCUT2D eigenvalue weighted by Crippen LogP contribution is 2.25. The molecule has 1 nitrogen and oxygen atoms in total. The summed E-state index contributed by atoms with van der Waals surface area (Å²) in [6.07, 6.45) is -0.516. The molecule has 0 aliphatic rings. The van der Waals surface area contributed by atoms with E-state index in [1.165, 1.54) is 6.07 Å². The molecule has 0 radical (unpaired) electrons. The predicted octanol–water partition coefficient (Wildman–Crippen LogP) is 4.36. The van der Waals surface area contributed by atoms with E-state index in [9.17, 15) is 9.50 Å². The van der Waals surface area contributed by atoms with Crippen LogP contribution in [0.1, 0.15) is 17.2 Å². The van der Waals surface area contributed by atoms with Gasteiger partial charge >= 0.3 is 0 Å². The first-order chi connectivity index (χ1) is 8.58. The second-order valence-electron chi connectivity index (χ2n) is 3.99. The van der Waals surface area contributed by atoms with Crippen LogP contribution in [0.5, 0.6) is 0 Å². The monoisotopic (exact) mass is 376 g/mol.